The lowest BCUT2D eigenvalue weighted by molar-refractivity contribution is 0.0605. The molecule has 0 spiro atoms. The molecule has 3 rings (SSSR count). The van der Waals surface area contributed by atoms with Crippen molar-refractivity contribution in [1.82, 2.24) is 35.6 Å². The second-order valence-corrected chi connectivity index (χ2v) is 4.74. The lowest BCUT2D eigenvalue weighted by Crippen LogP contribution is -2.48. The Hall–Kier alpha value is -2.29. The fourth-order valence-electron chi connectivity index (χ4n) is 2.21. The van der Waals surface area contributed by atoms with E-state index in [1.165, 1.54) is 0 Å². The molecular formula is C11H15N7O2. The Morgan fingerprint density at radius 1 is 1.40 bits per heavy atom. The third-order valence-corrected chi connectivity index (χ3v) is 3.25. The fourth-order valence-corrected chi connectivity index (χ4v) is 2.21. The van der Waals surface area contributed by atoms with Crippen LogP contribution in [-0.2, 0) is 6.54 Å². The van der Waals surface area contributed by atoms with Crippen LogP contribution in [0, 0.1) is 6.92 Å². The van der Waals surface area contributed by atoms with Gasteiger partial charge in [-0.05, 0) is 12.1 Å². The van der Waals surface area contributed by atoms with Crippen molar-refractivity contribution in [3.05, 3.63) is 23.3 Å². The Morgan fingerprint density at radius 2 is 2.20 bits per heavy atom. The van der Waals surface area contributed by atoms with E-state index in [2.05, 4.69) is 30.7 Å². The molecule has 0 bridgehead atoms. The van der Waals surface area contributed by atoms with Crippen LogP contribution in [0.3, 0.4) is 0 Å². The first-order chi connectivity index (χ1) is 9.72. The molecule has 0 saturated carbocycles. The van der Waals surface area contributed by atoms with E-state index in [0.29, 0.717) is 19.6 Å². The molecule has 1 saturated heterocycles. The van der Waals surface area contributed by atoms with E-state index in [1.807, 2.05) is 13.0 Å². The molecule has 1 amide bonds. The van der Waals surface area contributed by atoms with Crippen LogP contribution in [0.15, 0.2) is 10.6 Å². The number of aromatic nitrogens is 5. The van der Waals surface area contributed by atoms with Gasteiger partial charge in [-0.2, -0.15) is 5.21 Å². The molecule has 2 aromatic heterocycles. The highest BCUT2D eigenvalue weighted by atomic mass is 16.5. The molecule has 1 aliphatic heterocycles. The molecule has 20 heavy (non-hydrogen) atoms. The number of nitrogens with one attached hydrogen (secondary N) is 1. The molecule has 1 N–H and O–H groups in total. The van der Waals surface area contributed by atoms with E-state index >= 15 is 0 Å². The van der Waals surface area contributed by atoms with Gasteiger partial charge in [-0.3, -0.25) is 9.69 Å². The number of hydrogen-bond acceptors (Lipinski definition) is 7. The number of piperazine rings is 1. The van der Waals surface area contributed by atoms with Gasteiger partial charge in [0.1, 0.15) is 0 Å². The normalized spacial score (nSPS) is 16.6. The second kappa shape index (κ2) is 5.37. The summed E-state index contributed by atoms with van der Waals surface area (Å²) in [6.07, 6.45) is 0. The molecule has 0 aliphatic carbocycles. The molecule has 0 aromatic carbocycles. The van der Waals surface area contributed by atoms with Crippen molar-refractivity contribution >= 4 is 5.91 Å². The maximum absolute atomic E-state index is 12.0. The van der Waals surface area contributed by atoms with Crippen molar-refractivity contribution in [3.63, 3.8) is 0 Å². The van der Waals surface area contributed by atoms with Crippen molar-refractivity contribution in [2.75, 3.05) is 26.2 Å². The maximum atomic E-state index is 12.0. The number of nitrogens with zero attached hydrogens (tertiary/aromatic N) is 6. The molecule has 0 unspecified atom stereocenters. The Labute approximate surface area is 114 Å². The number of tetrazole rings is 1. The molecule has 9 heteroatoms. The summed E-state index contributed by atoms with van der Waals surface area (Å²) < 4.78 is 5.20. The van der Waals surface area contributed by atoms with E-state index in [-0.39, 0.29) is 11.7 Å². The quantitative estimate of drug-likeness (QED) is 0.803. The third-order valence-electron chi connectivity index (χ3n) is 3.25. The van der Waals surface area contributed by atoms with Crippen LogP contribution in [-0.4, -0.2) is 67.7 Å². The Balaban J connectivity index is 1.53. The van der Waals surface area contributed by atoms with Crippen LogP contribution in [0.2, 0.25) is 0 Å². The molecule has 1 aliphatic rings. The van der Waals surface area contributed by atoms with Crippen molar-refractivity contribution in [2.45, 2.75) is 13.5 Å². The van der Waals surface area contributed by atoms with E-state index in [9.17, 15) is 4.79 Å². The molecule has 0 atom stereocenters. The summed E-state index contributed by atoms with van der Waals surface area (Å²) >= 11 is 0. The predicted octanol–water partition coefficient (Wildman–Crippen LogP) is -0.546. The molecule has 0 radical (unpaired) electrons. The van der Waals surface area contributed by atoms with Crippen molar-refractivity contribution in [1.29, 1.82) is 0 Å². The zero-order valence-corrected chi connectivity index (χ0v) is 11.1. The summed E-state index contributed by atoms with van der Waals surface area (Å²) in [5, 5.41) is 17.0. The molecule has 1 fully saturated rings. The van der Waals surface area contributed by atoms with Gasteiger partial charge in [-0.15, -0.1) is 10.2 Å². The molecule has 3 heterocycles. The topological polar surface area (TPSA) is 104 Å². The minimum atomic E-state index is -0.186. The number of carbonyl (C=O) groups is 1. The van der Waals surface area contributed by atoms with E-state index in [4.69, 9.17) is 4.52 Å². The highest BCUT2D eigenvalue weighted by Gasteiger charge is 2.25. The zero-order chi connectivity index (χ0) is 13.9. The minimum absolute atomic E-state index is 0.115. The zero-order valence-electron chi connectivity index (χ0n) is 11.1. The van der Waals surface area contributed by atoms with E-state index < -0.39 is 0 Å². The summed E-state index contributed by atoms with van der Waals surface area (Å²) in [7, 11) is 0. The molecule has 106 valence electrons. The van der Waals surface area contributed by atoms with Crippen molar-refractivity contribution in [3.8, 4) is 0 Å². The van der Waals surface area contributed by atoms with E-state index in [0.717, 1.165) is 24.5 Å². The average molecular weight is 277 g/mol. The van der Waals surface area contributed by atoms with Crippen LogP contribution in [0.5, 0.6) is 0 Å². The van der Waals surface area contributed by atoms with Crippen molar-refractivity contribution < 1.29 is 9.32 Å². The summed E-state index contributed by atoms with van der Waals surface area (Å²) in [5.41, 5.74) is 0.880. The fraction of sp³-hybridized carbons (Fsp3) is 0.545. The summed E-state index contributed by atoms with van der Waals surface area (Å²) in [4.78, 5) is 16.0. The molecular weight excluding hydrogens is 262 g/mol. The predicted molar refractivity (Wildman–Crippen MR) is 66.6 cm³/mol. The molecule has 9 nitrogen and oxygen atoms in total. The average Bonchev–Trinajstić information content (AvgIpc) is 3.11. The van der Waals surface area contributed by atoms with Gasteiger partial charge in [0.05, 0.1) is 12.2 Å². The number of H-pyrrole nitrogens is 1. The lowest BCUT2D eigenvalue weighted by atomic mass is 10.3. The van der Waals surface area contributed by atoms with E-state index in [1.54, 1.807) is 4.90 Å². The number of carbonyl (C=O) groups excluding carboxylic acids is 1. The first kappa shape index (κ1) is 12.7. The Morgan fingerprint density at radius 3 is 2.80 bits per heavy atom. The third kappa shape index (κ3) is 2.67. The van der Waals surface area contributed by atoms with Gasteiger partial charge >= 0.3 is 0 Å². The first-order valence-electron chi connectivity index (χ1n) is 6.39. The lowest BCUT2D eigenvalue weighted by Gasteiger charge is -2.33. The Kier molecular flexibility index (Phi) is 3.42. The number of hydrogen-bond donors (Lipinski definition) is 1. The summed E-state index contributed by atoms with van der Waals surface area (Å²) in [5.74, 6) is 0.777. The summed E-state index contributed by atoms with van der Waals surface area (Å²) in [6, 6.07) is 1.93. The number of aromatic amines is 1. The second-order valence-electron chi connectivity index (χ2n) is 4.74. The van der Waals surface area contributed by atoms with Crippen LogP contribution < -0.4 is 0 Å². The highest BCUT2D eigenvalue weighted by molar-refractivity contribution is 5.90. The largest absolute Gasteiger partial charge is 0.360 e. The number of amides is 1. The van der Waals surface area contributed by atoms with Crippen molar-refractivity contribution in [2.24, 2.45) is 0 Å². The summed E-state index contributed by atoms with van der Waals surface area (Å²) in [6.45, 7) is 5.45. The number of rotatable bonds is 3. The van der Waals surface area contributed by atoms with Crippen LogP contribution >= 0.6 is 0 Å². The smallest absolute Gasteiger partial charge is 0.295 e. The molecule has 2 aromatic rings. The van der Waals surface area contributed by atoms with Crippen LogP contribution in [0.1, 0.15) is 22.1 Å². The van der Waals surface area contributed by atoms with Gasteiger partial charge in [0.15, 0.2) is 5.76 Å². The highest BCUT2D eigenvalue weighted by Crippen LogP contribution is 2.10. The SMILES string of the molecule is Cc1cc(CN2CCN(C(=O)c3nn[nH]n3)CC2)on1. The van der Waals surface area contributed by atoms with Gasteiger partial charge in [-0.25, -0.2) is 0 Å². The standard InChI is InChI=1S/C11H15N7O2/c1-8-6-9(20-14-8)7-17-2-4-18(5-3-17)11(19)10-12-15-16-13-10/h6H,2-5,7H2,1H3,(H,12,13,15,16). The van der Waals surface area contributed by atoms with Crippen LogP contribution in [0.4, 0.5) is 0 Å². The van der Waals surface area contributed by atoms with Gasteiger partial charge in [-0.1, -0.05) is 5.16 Å². The first-order valence-corrected chi connectivity index (χ1v) is 6.39. The van der Waals surface area contributed by atoms with Crippen LogP contribution in [0.25, 0.3) is 0 Å². The van der Waals surface area contributed by atoms with Gasteiger partial charge in [0.25, 0.3) is 11.7 Å². The van der Waals surface area contributed by atoms with Gasteiger partial charge < -0.3 is 9.42 Å². The van der Waals surface area contributed by atoms with Gasteiger partial charge in [0.2, 0.25) is 0 Å². The minimum Gasteiger partial charge on any atom is -0.360 e. The van der Waals surface area contributed by atoms with Gasteiger partial charge in [0, 0.05) is 32.2 Å². The maximum Gasteiger partial charge on any atom is 0.295 e. The number of aryl methyl sites for hydroxylation is 1. The Bertz CT molecular complexity index is 571. The monoisotopic (exact) mass is 277 g/mol.